The Hall–Kier alpha value is -1.58. The molecule has 2 aliphatic rings. The highest BCUT2D eigenvalue weighted by Gasteiger charge is 2.36. The van der Waals surface area contributed by atoms with Gasteiger partial charge in [0.1, 0.15) is 18.8 Å². The van der Waals surface area contributed by atoms with Crippen LogP contribution in [-0.4, -0.2) is 67.1 Å². The van der Waals surface area contributed by atoms with Crippen LogP contribution in [-0.2, 0) is 33.3 Å². The molecule has 3 unspecified atom stereocenters. The quantitative estimate of drug-likeness (QED) is 0.410. The number of ether oxygens (including phenoxy) is 5. The van der Waals surface area contributed by atoms with Crippen LogP contribution in [0, 0.1) is 0 Å². The molecule has 0 aromatic heterocycles. The maximum Gasteiger partial charge on any atom is 0.302 e. The van der Waals surface area contributed by atoms with Crippen LogP contribution in [0.2, 0.25) is 0 Å². The number of carbonyl (C=O) groups excluding carboxylic acids is 2. The van der Waals surface area contributed by atoms with E-state index in [-0.39, 0.29) is 18.2 Å². The Bertz CT molecular complexity index is 500. The number of hydrogen-bond donors (Lipinski definition) is 1. The summed E-state index contributed by atoms with van der Waals surface area (Å²) in [5, 5.41) is 9.50. The topological polar surface area (TPSA) is 101 Å². The summed E-state index contributed by atoms with van der Waals surface area (Å²) in [5.41, 5.74) is 0. The molecule has 0 aromatic rings. The lowest BCUT2D eigenvalue weighted by atomic mass is 10.1. The second kappa shape index (κ2) is 12.8. The van der Waals surface area contributed by atoms with E-state index in [0.29, 0.717) is 26.2 Å². The van der Waals surface area contributed by atoms with Crippen molar-refractivity contribution in [2.24, 2.45) is 0 Å². The molecule has 8 nitrogen and oxygen atoms in total. The zero-order valence-corrected chi connectivity index (χ0v) is 17.5. The van der Waals surface area contributed by atoms with Gasteiger partial charge in [0.25, 0.3) is 0 Å². The molecule has 0 saturated carbocycles. The Morgan fingerprint density at radius 2 is 1.71 bits per heavy atom. The van der Waals surface area contributed by atoms with Gasteiger partial charge in [-0.05, 0) is 34.1 Å². The van der Waals surface area contributed by atoms with Gasteiger partial charge in [0.2, 0.25) is 0 Å². The van der Waals surface area contributed by atoms with E-state index in [1.165, 1.54) is 13.0 Å². The Kier molecular flexibility index (Phi) is 12.1. The van der Waals surface area contributed by atoms with E-state index in [9.17, 15) is 14.7 Å². The third-order valence-electron chi connectivity index (χ3n) is 3.45. The van der Waals surface area contributed by atoms with Crippen LogP contribution in [0.5, 0.6) is 0 Å². The molecule has 2 rings (SSSR count). The first-order chi connectivity index (χ1) is 13.0. The van der Waals surface area contributed by atoms with Crippen molar-refractivity contribution in [2.45, 2.75) is 70.9 Å². The van der Waals surface area contributed by atoms with Crippen LogP contribution in [0.1, 0.15) is 41.0 Å². The third-order valence-corrected chi connectivity index (χ3v) is 3.45. The molecule has 3 atom stereocenters. The van der Waals surface area contributed by atoms with E-state index in [2.05, 4.69) is 17.9 Å². The molecule has 0 aliphatic carbocycles. The maximum atomic E-state index is 10.1. The summed E-state index contributed by atoms with van der Waals surface area (Å²) in [6.45, 7) is 16.7. The molecule has 162 valence electrons. The molecule has 0 aromatic carbocycles. The van der Waals surface area contributed by atoms with Crippen molar-refractivity contribution >= 4 is 12.3 Å². The van der Waals surface area contributed by atoms with Crippen molar-refractivity contribution in [3.8, 4) is 0 Å². The Morgan fingerprint density at radius 1 is 1.14 bits per heavy atom. The summed E-state index contributed by atoms with van der Waals surface area (Å²) in [7, 11) is 0. The average molecular weight is 402 g/mol. The average Bonchev–Trinajstić information content (AvgIpc) is 3.15. The number of hydrogen-bond acceptors (Lipinski definition) is 8. The molecule has 28 heavy (non-hydrogen) atoms. The molecular formula is C20H34O8. The van der Waals surface area contributed by atoms with Crippen LogP contribution in [0.4, 0.5) is 0 Å². The lowest BCUT2D eigenvalue weighted by Gasteiger charge is -2.19. The molecule has 1 N–H and O–H groups in total. The summed E-state index contributed by atoms with van der Waals surface area (Å²) < 4.78 is 25.4. The molecule has 0 radical (unpaired) electrons. The maximum absolute atomic E-state index is 10.1. The van der Waals surface area contributed by atoms with E-state index < -0.39 is 17.7 Å². The van der Waals surface area contributed by atoms with Crippen LogP contribution in [0.15, 0.2) is 25.3 Å². The van der Waals surface area contributed by atoms with Crippen molar-refractivity contribution in [3.63, 3.8) is 0 Å². The first-order valence-corrected chi connectivity index (χ1v) is 9.08. The van der Waals surface area contributed by atoms with Crippen molar-refractivity contribution in [1.29, 1.82) is 0 Å². The zero-order chi connectivity index (χ0) is 21.8. The standard InChI is InChI=1S/C9H16O3.C6H10O3.C5H8O2/c1-4-5-7(10)8-6-11-9(2,3)12-8;1-6(2)8-4-5(3-7)9-6;1-3-4-7-5(2)6/h4,7-8,10H,1,5-6H2,2-3H3;3,5H,4H2,1-2H3;3H,1,4H2,2H3. The monoisotopic (exact) mass is 402 g/mol. The van der Waals surface area contributed by atoms with Gasteiger partial charge in [0, 0.05) is 6.92 Å². The largest absolute Gasteiger partial charge is 0.462 e. The highest BCUT2D eigenvalue weighted by Crippen LogP contribution is 2.25. The lowest BCUT2D eigenvalue weighted by Crippen LogP contribution is -2.30. The van der Waals surface area contributed by atoms with Gasteiger partial charge in [-0.1, -0.05) is 18.7 Å². The number of carbonyl (C=O) groups is 2. The van der Waals surface area contributed by atoms with Gasteiger partial charge in [0.15, 0.2) is 17.9 Å². The lowest BCUT2D eigenvalue weighted by molar-refractivity contribution is -0.150. The van der Waals surface area contributed by atoms with Crippen LogP contribution in [0.3, 0.4) is 0 Å². The van der Waals surface area contributed by atoms with Gasteiger partial charge in [-0.3, -0.25) is 4.79 Å². The summed E-state index contributed by atoms with van der Waals surface area (Å²) >= 11 is 0. The van der Waals surface area contributed by atoms with Crippen molar-refractivity contribution in [1.82, 2.24) is 0 Å². The predicted octanol–water partition coefficient (Wildman–Crippen LogP) is 2.15. The van der Waals surface area contributed by atoms with Gasteiger partial charge in [-0.2, -0.15) is 0 Å². The minimum atomic E-state index is -0.564. The molecule has 2 aliphatic heterocycles. The normalized spacial score (nSPS) is 25.2. The van der Waals surface area contributed by atoms with E-state index >= 15 is 0 Å². The van der Waals surface area contributed by atoms with E-state index in [0.717, 1.165) is 6.29 Å². The minimum absolute atomic E-state index is 0.210. The van der Waals surface area contributed by atoms with Gasteiger partial charge >= 0.3 is 5.97 Å². The van der Waals surface area contributed by atoms with Crippen molar-refractivity contribution < 1.29 is 38.4 Å². The Morgan fingerprint density at radius 3 is 2.00 bits per heavy atom. The van der Waals surface area contributed by atoms with Gasteiger partial charge in [-0.25, -0.2) is 0 Å². The molecule has 0 spiro atoms. The molecule has 2 heterocycles. The highest BCUT2D eigenvalue weighted by atomic mass is 16.7. The molecule has 0 amide bonds. The fourth-order valence-electron chi connectivity index (χ4n) is 2.19. The third kappa shape index (κ3) is 12.0. The molecular weight excluding hydrogens is 368 g/mol. The second-order valence-corrected chi connectivity index (χ2v) is 7.05. The number of aliphatic hydroxyl groups excluding tert-OH is 1. The first-order valence-electron chi connectivity index (χ1n) is 9.08. The second-order valence-electron chi connectivity index (χ2n) is 7.05. The smallest absolute Gasteiger partial charge is 0.302 e. The van der Waals surface area contributed by atoms with E-state index in [1.54, 1.807) is 19.9 Å². The number of rotatable bonds is 6. The molecule has 8 heteroatoms. The van der Waals surface area contributed by atoms with Crippen LogP contribution in [0.25, 0.3) is 0 Å². The Labute approximate surface area is 167 Å². The summed E-state index contributed by atoms with van der Waals surface area (Å²) in [5.74, 6) is -1.38. The number of aldehydes is 1. The van der Waals surface area contributed by atoms with Gasteiger partial charge in [0.05, 0.1) is 19.3 Å². The van der Waals surface area contributed by atoms with Crippen molar-refractivity contribution in [3.05, 3.63) is 25.3 Å². The molecule has 0 bridgehead atoms. The Balaban J connectivity index is 0.000000408. The molecule has 2 saturated heterocycles. The zero-order valence-electron chi connectivity index (χ0n) is 17.5. The SMILES string of the molecule is C=CCC(O)C1COC(C)(C)O1.C=CCOC(C)=O.CC1(C)OCC(C=O)O1. The van der Waals surface area contributed by atoms with E-state index in [4.69, 9.17) is 18.9 Å². The summed E-state index contributed by atoms with van der Waals surface area (Å²) in [6.07, 6.45) is 3.45. The number of aliphatic hydroxyl groups is 1. The summed E-state index contributed by atoms with van der Waals surface area (Å²) in [4.78, 5) is 20.0. The first kappa shape index (κ1) is 26.4. The predicted molar refractivity (Wildman–Crippen MR) is 104 cm³/mol. The fourth-order valence-corrected chi connectivity index (χ4v) is 2.19. The van der Waals surface area contributed by atoms with Crippen LogP contribution >= 0.6 is 0 Å². The van der Waals surface area contributed by atoms with Gasteiger partial charge in [-0.15, -0.1) is 6.58 Å². The number of esters is 1. The molecule has 2 fully saturated rings. The summed E-state index contributed by atoms with van der Waals surface area (Å²) in [6, 6.07) is 0. The van der Waals surface area contributed by atoms with E-state index in [1.807, 2.05) is 13.8 Å². The van der Waals surface area contributed by atoms with Crippen molar-refractivity contribution in [2.75, 3.05) is 19.8 Å². The highest BCUT2D eigenvalue weighted by molar-refractivity contribution is 5.65. The fraction of sp³-hybridized carbons (Fsp3) is 0.700. The van der Waals surface area contributed by atoms with Crippen LogP contribution < -0.4 is 0 Å². The van der Waals surface area contributed by atoms with Gasteiger partial charge < -0.3 is 33.6 Å². The minimum Gasteiger partial charge on any atom is -0.462 e.